The predicted octanol–water partition coefficient (Wildman–Crippen LogP) is 16.6. The van der Waals surface area contributed by atoms with E-state index in [9.17, 15) is 0 Å². The molecule has 0 saturated carbocycles. The van der Waals surface area contributed by atoms with Crippen LogP contribution in [0.2, 0.25) is 0 Å². The SMILES string of the molecule is C1=Cc2ccc3nc(-n4c5ccc(-c6ccc7c(c6)c6ccccc6n7-c6ccccc6)cc5c5c6cccc7c6c(cc54)-c4ccccc4-7)nc(-c4ccc(-c5ccccc5)cc4)c3c2CC1. The summed E-state index contributed by atoms with van der Waals surface area (Å²) < 4.78 is 4.73. The third kappa shape index (κ3) is 5.37. The third-order valence-corrected chi connectivity index (χ3v) is 14.7. The van der Waals surface area contributed by atoms with Gasteiger partial charge in [0.2, 0.25) is 5.95 Å². The molecule has 68 heavy (non-hydrogen) atoms. The molecule has 0 unspecified atom stereocenters. The van der Waals surface area contributed by atoms with E-state index in [4.69, 9.17) is 9.97 Å². The highest BCUT2D eigenvalue weighted by molar-refractivity contribution is 6.29. The molecule has 3 heterocycles. The predicted molar refractivity (Wildman–Crippen MR) is 284 cm³/mol. The first kappa shape index (κ1) is 37.4. The number of para-hydroxylation sites is 2. The zero-order valence-electron chi connectivity index (χ0n) is 37.0. The van der Waals surface area contributed by atoms with Crippen LogP contribution in [0.4, 0.5) is 0 Å². The van der Waals surface area contributed by atoms with Gasteiger partial charge in [0.25, 0.3) is 0 Å². The van der Waals surface area contributed by atoms with Crippen LogP contribution in [-0.2, 0) is 6.42 Å². The molecule has 0 fully saturated rings. The largest absolute Gasteiger partial charge is 0.309 e. The van der Waals surface area contributed by atoms with E-state index >= 15 is 0 Å². The number of rotatable bonds is 5. The molecule has 13 aromatic rings. The molecule has 0 atom stereocenters. The maximum Gasteiger partial charge on any atom is 0.235 e. The molecule has 0 bridgehead atoms. The molecular formula is C64H40N4. The highest BCUT2D eigenvalue weighted by Gasteiger charge is 2.27. The van der Waals surface area contributed by atoms with Crippen molar-refractivity contribution in [3.8, 4) is 67.4 Å². The number of hydrogen-bond donors (Lipinski definition) is 0. The lowest BCUT2D eigenvalue weighted by Crippen LogP contribution is -2.06. The van der Waals surface area contributed by atoms with Crippen molar-refractivity contribution >= 4 is 71.4 Å². The molecule has 0 radical (unpaired) electrons. The van der Waals surface area contributed by atoms with Gasteiger partial charge in [0.15, 0.2) is 0 Å². The van der Waals surface area contributed by atoms with E-state index in [-0.39, 0.29) is 0 Å². The lowest BCUT2D eigenvalue weighted by molar-refractivity contribution is 0.983. The minimum atomic E-state index is 0.669. The van der Waals surface area contributed by atoms with Crippen LogP contribution in [0.5, 0.6) is 0 Å². The third-order valence-electron chi connectivity index (χ3n) is 14.7. The van der Waals surface area contributed by atoms with Crippen molar-refractivity contribution in [1.29, 1.82) is 0 Å². The van der Waals surface area contributed by atoms with Crippen molar-refractivity contribution in [2.24, 2.45) is 0 Å². The van der Waals surface area contributed by atoms with E-state index in [1.807, 2.05) is 0 Å². The van der Waals surface area contributed by atoms with Crippen LogP contribution >= 0.6 is 0 Å². The molecule has 0 spiro atoms. The zero-order valence-corrected chi connectivity index (χ0v) is 37.0. The van der Waals surface area contributed by atoms with E-state index in [1.165, 1.54) is 99.0 Å². The summed E-state index contributed by atoms with van der Waals surface area (Å²) in [4.78, 5) is 11.3. The van der Waals surface area contributed by atoms with Crippen molar-refractivity contribution in [2.75, 3.05) is 0 Å². The zero-order chi connectivity index (χ0) is 44.5. The highest BCUT2D eigenvalue weighted by Crippen LogP contribution is 2.51. The van der Waals surface area contributed by atoms with Crippen molar-refractivity contribution in [2.45, 2.75) is 12.8 Å². The van der Waals surface area contributed by atoms with Gasteiger partial charge in [-0.15, -0.1) is 0 Å². The maximum atomic E-state index is 5.71. The summed E-state index contributed by atoms with van der Waals surface area (Å²) in [7, 11) is 0. The fourth-order valence-corrected chi connectivity index (χ4v) is 11.7. The van der Waals surface area contributed by atoms with E-state index in [0.717, 1.165) is 51.7 Å². The van der Waals surface area contributed by atoms with Gasteiger partial charge in [0.1, 0.15) is 0 Å². The van der Waals surface area contributed by atoms with Crippen LogP contribution in [0, 0.1) is 0 Å². The minimum Gasteiger partial charge on any atom is -0.309 e. The lowest BCUT2D eigenvalue weighted by Gasteiger charge is -2.18. The Hall–Kier alpha value is -8.86. The van der Waals surface area contributed by atoms with E-state index in [2.05, 4.69) is 228 Å². The summed E-state index contributed by atoms with van der Waals surface area (Å²) in [6, 6.07) is 75.5. The monoisotopic (exact) mass is 864 g/mol. The Morgan fingerprint density at radius 3 is 1.82 bits per heavy atom. The minimum absolute atomic E-state index is 0.669. The molecule has 10 aromatic carbocycles. The first-order chi connectivity index (χ1) is 33.7. The molecule has 0 aliphatic heterocycles. The Bertz CT molecular complexity index is 4290. The Labute approximate surface area is 392 Å². The molecular weight excluding hydrogens is 825 g/mol. The van der Waals surface area contributed by atoms with Gasteiger partial charge in [-0.05, 0) is 134 Å². The Morgan fingerprint density at radius 2 is 1.00 bits per heavy atom. The maximum absolute atomic E-state index is 5.71. The smallest absolute Gasteiger partial charge is 0.235 e. The molecule has 15 rings (SSSR count). The van der Waals surface area contributed by atoms with E-state index in [0.29, 0.717) is 5.95 Å². The van der Waals surface area contributed by atoms with Crippen LogP contribution < -0.4 is 0 Å². The van der Waals surface area contributed by atoms with Gasteiger partial charge >= 0.3 is 0 Å². The van der Waals surface area contributed by atoms with Crippen molar-refractivity contribution in [1.82, 2.24) is 19.1 Å². The average Bonchev–Trinajstić information content (AvgIpc) is 4.04. The number of benzene rings is 10. The summed E-state index contributed by atoms with van der Waals surface area (Å²) in [6.45, 7) is 0. The lowest BCUT2D eigenvalue weighted by atomic mass is 9.91. The van der Waals surface area contributed by atoms with E-state index < -0.39 is 0 Å². The fourth-order valence-electron chi connectivity index (χ4n) is 11.7. The second-order valence-electron chi connectivity index (χ2n) is 18.4. The Balaban J connectivity index is 1.00. The molecule has 2 aliphatic carbocycles. The van der Waals surface area contributed by atoms with E-state index in [1.54, 1.807) is 0 Å². The van der Waals surface area contributed by atoms with Gasteiger partial charge in [-0.2, -0.15) is 0 Å². The number of aryl methyl sites for hydroxylation is 1. The van der Waals surface area contributed by atoms with Crippen LogP contribution in [0.25, 0.3) is 139 Å². The quantitative estimate of drug-likeness (QED) is 0.173. The van der Waals surface area contributed by atoms with Crippen LogP contribution in [-0.4, -0.2) is 19.1 Å². The normalized spacial score (nSPS) is 12.8. The summed E-state index contributed by atoms with van der Waals surface area (Å²) in [5.41, 5.74) is 21.1. The summed E-state index contributed by atoms with van der Waals surface area (Å²) in [5.74, 6) is 0.669. The molecule has 0 saturated heterocycles. The van der Waals surface area contributed by atoms with Gasteiger partial charge in [-0.3, -0.25) is 4.57 Å². The summed E-state index contributed by atoms with van der Waals surface area (Å²) in [5, 5.41) is 8.55. The number of fused-ring (bicyclic) bond motifs is 13. The summed E-state index contributed by atoms with van der Waals surface area (Å²) in [6.07, 6.45) is 6.49. The molecule has 0 N–H and O–H groups in total. The van der Waals surface area contributed by atoms with Crippen LogP contribution in [0.15, 0.2) is 212 Å². The van der Waals surface area contributed by atoms with Crippen molar-refractivity contribution in [3.05, 3.63) is 223 Å². The van der Waals surface area contributed by atoms with Gasteiger partial charge in [-0.25, -0.2) is 9.97 Å². The van der Waals surface area contributed by atoms with Crippen LogP contribution in [0.3, 0.4) is 0 Å². The molecule has 4 heteroatoms. The number of aromatic nitrogens is 4. The standard InChI is InChI=1S/C64H40N4/c1-3-14-39(15-4-1)40-26-28-42(29-27-40)63-62-46-19-8-7-16-41(46)30-33-55(62)65-64(66-63)68-58-35-32-44(43-31-34-57-52(36-43)49-22-11-12-25-56(49)67(57)45-17-5-2-6-18-45)37-54(58)61-51-24-13-23-50-47-20-9-10-21-48(47)53(60(50)51)38-59(61)68/h1-7,9-18,20-38H,8,19H2. The molecule has 316 valence electrons. The summed E-state index contributed by atoms with van der Waals surface area (Å²) >= 11 is 0. The number of hydrogen-bond acceptors (Lipinski definition) is 2. The first-order valence-electron chi connectivity index (χ1n) is 23.6. The fraction of sp³-hybridized carbons (Fsp3) is 0.0312. The van der Waals surface area contributed by atoms with Gasteiger partial charge in [0.05, 0.1) is 33.3 Å². The molecule has 4 nitrogen and oxygen atoms in total. The Morgan fingerprint density at radius 1 is 0.368 bits per heavy atom. The highest BCUT2D eigenvalue weighted by atomic mass is 15.2. The number of allylic oxidation sites excluding steroid dienone is 1. The molecule has 3 aromatic heterocycles. The van der Waals surface area contributed by atoms with Gasteiger partial charge in [-0.1, -0.05) is 164 Å². The van der Waals surface area contributed by atoms with Crippen LogP contribution in [0.1, 0.15) is 17.5 Å². The second kappa shape index (κ2) is 14.3. The van der Waals surface area contributed by atoms with Crippen molar-refractivity contribution in [3.63, 3.8) is 0 Å². The van der Waals surface area contributed by atoms with Gasteiger partial charge in [0, 0.05) is 38.2 Å². The second-order valence-corrected chi connectivity index (χ2v) is 18.4. The topological polar surface area (TPSA) is 35.6 Å². The molecule has 0 amide bonds. The first-order valence-corrected chi connectivity index (χ1v) is 23.6. The molecule has 2 aliphatic rings. The van der Waals surface area contributed by atoms with Crippen molar-refractivity contribution < 1.29 is 0 Å². The average molecular weight is 865 g/mol. The number of nitrogens with zero attached hydrogens (tertiary/aromatic N) is 4. The van der Waals surface area contributed by atoms with Gasteiger partial charge < -0.3 is 4.57 Å². The Kier molecular flexibility index (Phi) is 7.87.